The molecule has 2 aromatic carbocycles. The largest absolute Gasteiger partial charge is 0.378 e. The molecule has 7 heteroatoms. The Morgan fingerprint density at radius 3 is 2.24 bits per heavy atom. The Kier molecular flexibility index (Phi) is 8.80. The van der Waals surface area contributed by atoms with E-state index >= 15 is 0 Å². The SMILES string of the molecule is CSCC[C@@H](NC(=O)c1ccc(C(C)(C)C)cc1)C(=O)Nc1ccc(N2CCOCC2)cc1. The molecule has 0 unspecified atom stereocenters. The molecule has 1 fully saturated rings. The van der Waals surface area contributed by atoms with Crippen molar-refractivity contribution in [2.24, 2.45) is 0 Å². The normalized spacial score (nSPS) is 15.1. The Morgan fingerprint density at radius 2 is 1.67 bits per heavy atom. The molecule has 2 aromatic rings. The molecular formula is C26H35N3O3S. The lowest BCUT2D eigenvalue weighted by Gasteiger charge is -2.29. The minimum atomic E-state index is -0.605. The van der Waals surface area contributed by atoms with Gasteiger partial charge in [0, 0.05) is 30.0 Å². The van der Waals surface area contributed by atoms with Crippen LogP contribution < -0.4 is 15.5 Å². The molecule has 3 rings (SSSR count). The Labute approximate surface area is 201 Å². The summed E-state index contributed by atoms with van der Waals surface area (Å²) in [5.74, 6) is 0.333. The Bertz CT molecular complexity index is 917. The van der Waals surface area contributed by atoms with Crippen molar-refractivity contribution in [2.75, 3.05) is 48.5 Å². The van der Waals surface area contributed by atoms with Gasteiger partial charge in [0.1, 0.15) is 6.04 Å². The molecule has 0 bridgehead atoms. The minimum Gasteiger partial charge on any atom is -0.378 e. The third-order valence-electron chi connectivity index (χ3n) is 5.76. The number of hydrogen-bond acceptors (Lipinski definition) is 5. The van der Waals surface area contributed by atoms with Crippen molar-refractivity contribution in [3.05, 3.63) is 59.7 Å². The number of nitrogens with zero attached hydrogens (tertiary/aromatic N) is 1. The number of morpholine rings is 1. The molecule has 1 saturated heterocycles. The highest BCUT2D eigenvalue weighted by molar-refractivity contribution is 7.98. The van der Waals surface area contributed by atoms with Gasteiger partial charge in [-0.3, -0.25) is 9.59 Å². The fraction of sp³-hybridized carbons (Fsp3) is 0.462. The number of nitrogens with one attached hydrogen (secondary N) is 2. The van der Waals surface area contributed by atoms with E-state index in [9.17, 15) is 9.59 Å². The van der Waals surface area contributed by atoms with Crippen LogP contribution >= 0.6 is 11.8 Å². The van der Waals surface area contributed by atoms with Crippen LogP contribution in [0.15, 0.2) is 48.5 Å². The molecule has 1 atom stereocenters. The maximum Gasteiger partial charge on any atom is 0.251 e. The molecule has 2 amide bonds. The third-order valence-corrected chi connectivity index (χ3v) is 6.40. The van der Waals surface area contributed by atoms with E-state index in [1.165, 1.54) is 0 Å². The quantitative estimate of drug-likeness (QED) is 0.603. The lowest BCUT2D eigenvalue weighted by molar-refractivity contribution is -0.118. The van der Waals surface area contributed by atoms with Gasteiger partial charge in [0.15, 0.2) is 0 Å². The van der Waals surface area contributed by atoms with Crippen molar-refractivity contribution >= 4 is 35.0 Å². The topological polar surface area (TPSA) is 70.7 Å². The Hall–Kier alpha value is -2.51. The number of amides is 2. The molecule has 1 heterocycles. The van der Waals surface area contributed by atoms with Crippen LogP contribution in [0.5, 0.6) is 0 Å². The number of thioether (sulfide) groups is 1. The van der Waals surface area contributed by atoms with Gasteiger partial charge in [-0.15, -0.1) is 0 Å². The van der Waals surface area contributed by atoms with Gasteiger partial charge < -0.3 is 20.3 Å². The summed E-state index contributed by atoms with van der Waals surface area (Å²) < 4.78 is 5.41. The minimum absolute atomic E-state index is 0.0209. The van der Waals surface area contributed by atoms with Gasteiger partial charge in [0.2, 0.25) is 5.91 Å². The molecule has 178 valence electrons. The number of ether oxygens (including phenoxy) is 1. The number of carbonyl (C=O) groups is 2. The fourth-order valence-electron chi connectivity index (χ4n) is 3.67. The summed E-state index contributed by atoms with van der Waals surface area (Å²) in [7, 11) is 0. The molecule has 0 radical (unpaired) electrons. The van der Waals surface area contributed by atoms with E-state index in [-0.39, 0.29) is 17.2 Å². The summed E-state index contributed by atoms with van der Waals surface area (Å²) in [6.45, 7) is 9.61. The molecule has 0 spiro atoms. The molecule has 0 aromatic heterocycles. The second kappa shape index (κ2) is 11.6. The molecule has 1 aliphatic rings. The predicted octanol–water partition coefficient (Wildman–Crippen LogP) is 4.31. The monoisotopic (exact) mass is 469 g/mol. The van der Waals surface area contributed by atoms with Crippen molar-refractivity contribution in [1.82, 2.24) is 5.32 Å². The zero-order valence-corrected chi connectivity index (χ0v) is 20.8. The predicted molar refractivity (Wildman–Crippen MR) is 137 cm³/mol. The number of carbonyl (C=O) groups excluding carboxylic acids is 2. The zero-order valence-electron chi connectivity index (χ0n) is 20.0. The van der Waals surface area contributed by atoms with E-state index in [2.05, 4.69) is 36.3 Å². The number of hydrogen-bond donors (Lipinski definition) is 2. The first-order valence-electron chi connectivity index (χ1n) is 11.4. The first kappa shape index (κ1) is 25.1. The van der Waals surface area contributed by atoms with Crippen LogP contribution in [-0.2, 0) is 14.9 Å². The standard InChI is InChI=1S/C26H35N3O3S/c1-26(2,3)20-7-5-19(6-8-20)24(30)28-23(13-18-33-4)25(31)27-21-9-11-22(12-10-21)29-14-16-32-17-15-29/h5-12,23H,13-18H2,1-4H3,(H,27,31)(H,28,30)/t23-/m1/s1. The highest BCUT2D eigenvalue weighted by atomic mass is 32.2. The zero-order chi connectivity index (χ0) is 23.8. The van der Waals surface area contributed by atoms with Gasteiger partial charge in [-0.2, -0.15) is 11.8 Å². The number of anilines is 2. The molecule has 0 saturated carbocycles. The second-order valence-corrected chi connectivity index (χ2v) is 10.3. The van der Waals surface area contributed by atoms with Gasteiger partial charge in [0.05, 0.1) is 13.2 Å². The van der Waals surface area contributed by atoms with Crippen molar-refractivity contribution in [2.45, 2.75) is 38.6 Å². The van der Waals surface area contributed by atoms with Crippen LogP contribution in [0.3, 0.4) is 0 Å². The highest BCUT2D eigenvalue weighted by Crippen LogP contribution is 2.22. The van der Waals surface area contributed by atoms with E-state index in [1.54, 1.807) is 11.8 Å². The van der Waals surface area contributed by atoms with Gasteiger partial charge in [0.25, 0.3) is 5.91 Å². The average molecular weight is 470 g/mol. The van der Waals surface area contributed by atoms with Crippen LogP contribution in [0.25, 0.3) is 0 Å². The molecule has 6 nitrogen and oxygen atoms in total. The van der Waals surface area contributed by atoms with Crippen LogP contribution in [0.1, 0.15) is 43.1 Å². The van der Waals surface area contributed by atoms with Crippen LogP contribution in [0.2, 0.25) is 0 Å². The fourth-order valence-corrected chi connectivity index (χ4v) is 4.15. The van der Waals surface area contributed by atoms with E-state index in [1.807, 2.05) is 54.8 Å². The third kappa shape index (κ3) is 7.24. The molecule has 0 aliphatic carbocycles. The lowest BCUT2D eigenvalue weighted by Crippen LogP contribution is -2.44. The summed E-state index contributed by atoms with van der Waals surface area (Å²) in [6.07, 6.45) is 2.55. The van der Waals surface area contributed by atoms with Gasteiger partial charge in [-0.05, 0) is 65.8 Å². The number of benzene rings is 2. The van der Waals surface area contributed by atoms with Crippen LogP contribution in [0, 0.1) is 0 Å². The summed E-state index contributed by atoms with van der Waals surface area (Å²) in [6, 6.07) is 14.8. The summed E-state index contributed by atoms with van der Waals surface area (Å²) in [5, 5.41) is 5.88. The molecule has 2 N–H and O–H groups in total. The highest BCUT2D eigenvalue weighted by Gasteiger charge is 2.22. The van der Waals surface area contributed by atoms with Gasteiger partial charge in [-0.25, -0.2) is 0 Å². The molecule has 33 heavy (non-hydrogen) atoms. The molecule has 1 aliphatic heterocycles. The lowest BCUT2D eigenvalue weighted by atomic mass is 9.86. The Morgan fingerprint density at radius 1 is 1.03 bits per heavy atom. The smallest absolute Gasteiger partial charge is 0.251 e. The van der Waals surface area contributed by atoms with Crippen LogP contribution in [-0.4, -0.2) is 56.2 Å². The van der Waals surface area contributed by atoms with Crippen molar-refractivity contribution < 1.29 is 14.3 Å². The van der Waals surface area contributed by atoms with E-state index in [0.717, 1.165) is 49.0 Å². The van der Waals surface area contributed by atoms with Crippen molar-refractivity contribution in [3.63, 3.8) is 0 Å². The summed E-state index contributed by atoms with van der Waals surface area (Å²) in [5.41, 5.74) is 3.57. The Balaban J connectivity index is 1.63. The van der Waals surface area contributed by atoms with Gasteiger partial charge >= 0.3 is 0 Å². The first-order chi connectivity index (χ1) is 15.8. The van der Waals surface area contributed by atoms with Crippen molar-refractivity contribution in [3.8, 4) is 0 Å². The van der Waals surface area contributed by atoms with E-state index in [4.69, 9.17) is 4.74 Å². The number of rotatable bonds is 8. The second-order valence-electron chi connectivity index (χ2n) is 9.27. The van der Waals surface area contributed by atoms with E-state index in [0.29, 0.717) is 12.0 Å². The van der Waals surface area contributed by atoms with Gasteiger partial charge in [-0.1, -0.05) is 32.9 Å². The molecular weight excluding hydrogens is 434 g/mol. The summed E-state index contributed by atoms with van der Waals surface area (Å²) >= 11 is 1.65. The van der Waals surface area contributed by atoms with E-state index < -0.39 is 6.04 Å². The first-order valence-corrected chi connectivity index (χ1v) is 12.8. The maximum absolute atomic E-state index is 13.0. The maximum atomic E-state index is 13.0. The van der Waals surface area contributed by atoms with Crippen LogP contribution in [0.4, 0.5) is 11.4 Å². The van der Waals surface area contributed by atoms with Crippen molar-refractivity contribution in [1.29, 1.82) is 0 Å². The summed E-state index contributed by atoms with van der Waals surface area (Å²) in [4.78, 5) is 28.1. The average Bonchev–Trinajstić information content (AvgIpc) is 2.82.